The fourth-order valence-electron chi connectivity index (χ4n) is 3.27. The third-order valence-corrected chi connectivity index (χ3v) is 4.17. The van der Waals surface area contributed by atoms with Crippen LogP contribution < -0.4 is 0 Å². The standard InChI is InChI=1S/C17H21N3/c1-12(2)11-20-16-8-7-13(10-18)9-15(16)19-17(20)14-5-3-4-6-14/h7-9,12,14H,3-6,11H2,1-2H3. The average molecular weight is 267 g/mol. The predicted octanol–water partition coefficient (Wildman–Crippen LogP) is 4.22. The van der Waals surface area contributed by atoms with Crippen molar-refractivity contribution in [2.24, 2.45) is 5.92 Å². The van der Waals surface area contributed by atoms with Crippen LogP contribution in [-0.4, -0.2) is 9.55 Å². The number of nitrogens with zero attached hydrogens (tertiary/aromatic N) is 3. The van der Waals surface area contributed by atoms with Crippen molar-refractivity contribution in [1.82, 2.24) is 9.55 Å². The van der Waals surface area contributed by atoms with Crippen LogP contribution in [0.5, 0.6) is 0 Å². The topological polar surface area (TPSA) is 41.6 Å². The zero-order valence-corrected chi connectivity index (χ0v) is 12.3. The first kappa shape index (κ1) is 13.2. The van der Waals surface area contributed by atoms with E-state index in [0.29, 0.717) is 17.4 Å². The molecule has 3 nitrogen and oxygen atoms in total. The molecule has 20 heavy (non-hydrogen) atoms. The molecule has 2 aromatic rings. The van der Waals surface area contributed by atoms with E-state index in [-0.39, 0.29) is 0 Å². The van der Waals surface area contributed by atoms with Crippen LogP contribution in [0.4, 0.5) is 0 Å². The Balaban J connectivity index is 2.13. The maximum atomic E-state index is 9.05. The number of hydrogen-bond donors (Lipinski definition) is 0. The monoisotopic (exact) mass is 267 g/mol. The molecule has 0 atom stereocenters. The molecule has 0 spiro atoms. The molecular formula is C17H21N3. The van der Waals surface area contributed by atoms with Crippen molar-refractivity contribution < 1.29 is 0 Å². The Morgan fingerprint density at radius 1 is 1.35 bits per heavy atom. The fraction of sp³-hybridized carbons (Fsp3) is 0.529. The fourth-order valence-corrected chi connectivity index (χ4v) is 3.27. The molecule has 1 heterocycles. The van der Waals surface area contributed by atoms with Gasteiger partial charge in [0, 0.05) is 12.5 Å². The highest BCUT2D eigenvalue weighted by atomic mass is 15.1. The molecule has 0 amide bonds. The highest BCUT2D eigenvalue weighted by Crippen LogP contribution is 2.35. The van der Waals surface area contributed by atoms with Gasteiger partial charge in [-0.3, -0.25) is 0 Å². The minimum Gasteiger partial charge on any atom is -0.327 e. The summed E-state index contributed by atoms with van der Waals surface area (Å²) in [4.78, 5) is 4.87. The van der Waals surface area contributed by atoms with E-state index in [9.17, 15) is 0 Å². The minimum atomic E-state index is 0.600. The summed E-state index contributed by atoms with van der Waals surface area (Å²) in [6.07, 6.45) is 5.15. The van der Waals surface area contributed by atoms with E-state index in [1.165, 1.54) is 37.0 Å². The van der Waals surface area contributed by atoms with Gasteiger partial charge >= 0.3 is 0 Å². The van der Waals surface area contributed by atoms with E-state index in [1.54, 1.807) is 0 Å². The van der Waals surface area contributed by atoms with Crippen molar-refractivity contribution >= 4 is 11.0 Å². The maximum Gasteiger partial charge on any atom is 0.112 e. The molecule has 3 rings (SSSR count). The quantitative estimate of drug-likeness (QED) is 0.835. The van der Waals surface area contributed by atoms with E-state index in [4.69, 9.17) is 10.2 Å². The third kappa shape index (κ3) is 2.31. The molecule has 1 aromatic heterocycles. The predicted molar refractivity (Wildman–Crippen MR) is 80.5 cm³/mol. The number of imidazole rings is 1. The molecule has 0 unspecified atom stereocenters. The van der Waals surface area contributed by atoms with Crippen LogP contribution in [0.3, 0.4) is 0 Å². The van der Waals surface area contributed by atoms with Gasteiger partial charge in [0.25, 0.3) is 0 Å². The van der Waals surface area contributed by atoms with Crippen LogP contribution in [0.15, 0.2) is 18.2 Å². The van der Waals surface area contributed by atoms with Crippen LogP contribution in [0.25, 0.3) is 11.0 Å². The van der Waals surface area contributed by atoms with Crippen LogP contribution in [0, 0.1) is 17.2 Å². The number of benzene rings is 1. The largest absolute Gasteiger partial charge is 0.327 e. The Labute approximate surface area is 120 Å². The zero-order valence-electron chi connectivity index (χ0n) is 12.3. The summed E-state index contributed by atoms with van der Waals surface area (Å²) >= 11 is 0. The van der Waals surface area contributed by atoms with Crippen LogP contribution in [0.2, 0.25) is 0 Å². The van der Waals surface area contributed by atoms with Gasteiger partial charge in [0.2, 0.25) is 0 Å². The van der Waals surface area contributed by atoms with Gasteiger partial charge in [-0.25, -0.2) is 4.98 Å². The molecular weight excluding hydrogens is 246 g/mol. The first-order valence-corrected chi connectivity index (χ1v) is 7.59. The summed E-state index contributed by atoms with van der Waals surface area (Å²) in [5, 5.41) is 9.05. The van der Waals surface area contributed by atoms with Gasteiger partial charge in [0.05, 0.1) is 22.7 Å². The van der Waals surface area contributed by atoms with Crippen molar-refractivity contribution in [1.29, 1.82) is 5.26 Å². The molecule has 1 saturated carbocycles. The molecule has 3 heteroatoms. The lowest BCUT2D eigenvalue weighted by Gasteiger charge is -2.15. The van der Waals surface area contributed by atoms with Crippen molar-refractivity contribution in [3.63, 3.8) is 0 Å². The molecule has 0 radical (unpaired) electrons. The Bertz CT molecular complexity index is 655. The number of hydrogen-bond acceptors (Lipinski definition) is 2. The number of aromatic nitrogens is 2. The van der Waals surface area contributed by atoms with Gasteiger partial charge in [-0.15, -0.1) is 0 Å². The smallest absolute Gasteiger partial charge is 0.112 e. The Kier molecular flexibility index (Phi) is 3.48. The van der Waals surface area contributed by atoms with Gasteiger partial charge < -0.3 is 4.57 Å². The van der Waals surface area contributed by atoms with Gasteiger partial charge in [0.1, 0.15) is 5.82 Å². The van der Waals surface area contributed by atoms with E-state index < -0.39 is 0 Å². The molecule has 0 N–H and O–H groups in total. The van der Waals surface area contributed by atoms with Crippen LogP contribution in [-0.2, 0) is 6.54 Å². The van der Waals surface area contributed by atoms with Gasteiger partial charge in [-0.2, -0.15) is 5.26 Å². The van der Waals surface area contributed by atoms with E-state index >= 15 is 0 Å². The van der Waals surface area contributed by atoms with Gasteiger partial charge in [-0.05, 0) is 37.0 Å². The Morgan fingerprint density at radius 2 is 2.10 bits per heavy atom. The second-order valence-corrected chi connectivity index (χ2v) is 6.27. The summed E-state index contributed by atoms with van der Waals surface area (Å²) in [5.41, 5.74) is 2.86. The van der Waals surface area contributed by atoms with Crippen molar-refractivity contribution in [3.8, 4) is 6.07 Å². The summed E-state index contributed by atoms with van der Waals surface area (Å²) in [6.45, 7) is 5.50. The van der Waals surface area contributed by atoms with Crippen molar-refractivity contribution in [2.75, 3.05) is 0 Å². The van der Waals surface area contributed by atoms with Crippen molar-refractivity contribution in [2.45, 2.75) is 52.0 Å². The zero-order chi connectivity index (χ0) is 14.1. The highest BCUT2D eigenvalue weighted by Gasteiger charge is 2.24. The molecule has 1 aliphatic carbocycles. The van der Waals surface area contributed by atoms with Crippen molar-refractivity contribution in [3.05, 3.63) is 29.6 Å². The molecule has 0 aliphatic heterocycles. The number of nitriles is 1. The maximum absolute atomic E-state index is 9.05. The lowest BCUT2D eigenvalue weighted by Crippen LogP contribution is -2.11. The Hall–Kier alpha value is -1.82. The molecule has 1 aliphatic rings. The summed E-state index contributed by atoms with van der Waals surface area (Å²) < 4.78 is 2.39. The van der Waals surface area contributed by atoms with E-state index in [0.717, 1.165) is 12.1 Å². The molecule has 0 saturated heterocycles. The Morgan fingerprint density at radius 3 is 2.75 bits per heavy atom. The molecule has 0 bridgehead atoms. The SMILES string of the molecule is CC(C)Cn1c(C2CCCC2)nc2cc(C#N)ccc21. The summed E-state index contributed by atoms with van der Waals surface area (Å²) in [7, 11) is 0. The normalized spacial score (nSPS) is 16.1. The molecule has 104 valence electrons. The minimum absolute atomic E-state index is 0.600. The lowest BCUT2D eigenvalue weighted by atomic mass is 10.1. The summed E-state index contributed by atoms with van der Waals surface area (Å²) in [5.74, 6) is 2.44. The second kappa shape index (κ2) is 5.28. The van der Waals surface area contributed by atoms with Crippen LogP contribution in [0.1, 0.15) is 56.8 Å². The van der Waals surface area contributed by atoms with Gasteiger partial charge in [-0.1, -0.05) is 26.7 Å². The van der Waals surface area contributed by atoms with Crippen LogP contribution >= 0.6 is 0 Å². The van der Waals surface area contributed by atoms with Gasteiger partial charge in [0.15, 0.2) is 0 Å². The first-order valence-electron chi connectivity index (χ1n) is 7.59. The lowest BCUT2D eigenvalue weighted by molar-refractivity contribution is 0.497. The average Bonchev–Trinajstić information content (AvgIpc) is 3.05. The molecule has 1 fully saturated rings. The first-order chi connectivity index (χ1) is 9.69. The summed E-state index contributed by atoms with van der Waals surface area (Å²) in [6, 6.07) is 8.09. The molecule has 1 aromatic carbocycles. The third-order valence-electron chi connectivity index (χ3n) is 4.17. The number of fused-ring (bicyclic) bond motifs is 1. The number of rotatable bonds is 3. The van der Waals surface area contributed by atoms with E-state index in [2.05, 4.69) is 30.6 Å². The second-order valence-electron chi connectivity index (χ2n) is 6.27. The highest BCUT2D eigenvalue weighted by molar-refractivity contribution is 5.78. The van der Waals surface area contributed by atoms with E-state index in [1.807, 2.05) is 12.1 Å².